The highest BCUT2D eigenvalue weighted by Gasteiger charge is 2.52. The second-order valence-electron chi connectivity index (χ2n) is 9.70. The first kappa shape index (κ1) is 20.2. The smallest absolute Gasteiger partial charge is 0.165 e. The van der Waals surface area contributed by atoms with E-state index in [1.54, 1.807) is 0 Å². The van der Waals surface area contributed by atoms with E-state index in [2.05, 4.69) is 48.5 Å². The van der Waals surface area contributed by atoms with Crippen LogP contribution in [0.15, 0.2) is 0 Å². The molecule has 1 aliphatic carbocycles. The molecule has 2 nitrogen and oxygen atoms in total. The molecule has 1 aliphatic heterocycles. The Hall–Kier alpha value is -0.0800. The summed E-state index contributed by atoms with van der Waals surface area (Å²) in [5.41, 5.74) is 0.261. The first-order valence-electron chi connectivity index (χ1n) is 10.5. The molecule has 2 atom stereocenters. The lowest BCUT2D eigenvalue weighted by Gasteiger charge is -2.45. The lowest BCUT2D eigenvalue weighted by atomic mass is 9.73. The molecule has 1 saturated heterocycles. The Labute approximate surface area is 151 Å². The summed E-state index contributed by atoms with van der Waals surface area (Å²) in [6.45, 7) is 18.2. The van der Waals surface area contributed by atoms with E-state index in [0.29, 0.717) is 5.92 Å². The Kier molecular flexibility index (Phi) is 6.81. The quantitative estimate of drug-likeness (QED) is 0.508. The molecule has 1 spiro atoms. The van der Waals surface area contributed by atoms with Gasteiger partial charge >= 0.3 is 0 Å². The van der Waals surface area contributed by atoms with Crippen molar-refractivity contribution in [2.24, 2.45) is 35.0 Å². The van der Waals surface area contributed by atoms with E-state index in [9.17, 15) is 0 Å². The summed E-state index contributed by atoms with van der Waals surface area (Å²) in [6, 6.07) is 0. The van der Waals surface area contributed by atoms with Crippen LogP contribution in [0, 0.1) is 35.0 Å². The van der Waals surface area contributed by atoms with Gasteiger partial charge in [0.2, 0.25) is 0 Å². The minimum absolute atomic E-state index is 0.261. The second kappa shape index (κ2) is 8.08. The van der Waals surface area contributed by atoms with E-state index in [1.165, 1.54) is 32.1 Å². The third-order valence-corrected chi connectivity index (χ3v) is 7.02. The number of unbranched alkanes of at least 4 members (excludes halogenated alkanes) is 2. The van der Waals surface area contributed by atoms with Gasteiger partial charge < -0.3 is 9.47 Å². The summed E-state index contributed by atoms with van der Waals surface area (Å²) < 4.78 is 12.7. The maximum atomic E-state index is 6.35. The normalized spacial score (nSPS) is 37.2. The summed E-state index contributed by atoms with van der Waals surface area (Å²) in [4.78, 5) is 0. The molecule has 0 radical (unpaired) electrons. The van der Waals surface area contributed by atoms with Gasteiger partial charge in [0.15, 0.2) is 5.79 Å². The van der Waals surface area contributed by atoms with E-state index >= 15 is 0 Å². The molecule has 2 fully saturated rings. The number of ether oxygens (including phenoxy) is 2. The molecular formula is C22H42O2. The molecule has 142 valence electrons. The van der Waals surface area contributed by atoms with Gasteiger partial charge in [0.25, 0.3) is 0 Å². The topological polar surface area (TPSA) is 18.5 Å². The zero-order valence-corrected chi connectivity index (χ0v) is 17.4. The van der Waals surface area contributed by atoms with Crippen LogP contribution in [0.3, 0.4) is 0 Å². The van der Waals surface area contributed by atoms with Crippen LogP contribution in [0.1, 0.15) is 87.0 Å². The van der Waals surface area contributed by atoms with Crippen molar-refractivity contribution >= 4 is 0 Å². The Morgan fingerprint density at radius 2 is 1.58 bits per heavy atom. The van der Waals surface area contributed by atoms with Crippen molar-refractivity contribution in [2.45, 2.75) is 92.8 Å². The molecule has 2 unspecified atom stereocenters. The maximum absolute atomic E-state index is 6.35. The average Bonchev–Trinajstić information content (AvgIpc) is 2.79. The van der Waals surface area contributed by atoms with Gasteiger partial charge in [-0.3, -0.25) is 0 Å². The van der Waals surface area contributed by atoms with Gasteiger partial charge in [-0.2, -0.15) is 0 Å². The van der Waals surface area contributed by atoms with Gasteiger partial charge in [-0.05, 0) is 55.8 Å². The van der Waals surface area contributed by atoms with E-state index in [4.69, 9.17) is 9.47 Å². The van der Waals surface area contributed by atoms with Crippen molar-refractivity contribution in [3.05, 3.63) is 0 Å². The third-order valence-electron chi connectivity index (χ3n) is 7.02. The predicted molar refractivity (Wildman–Crippen MR) is 102 cm³/mol. The van der Waals surface area contributed by atoms with Crippen LogP contribution in [0.4, 0.5) is 0 Å². The van der Waals surface area contributed by atoms with Gasteiger partial charge in [-0.15, -0.1) is 0 Å². The number of rotatable bonds is 7. The van der Waals surface area contributed by atoms with Crippen molar-refractivity contribution in [2.75, 3.05) is 13.2 Å². The standard InChI is InChI=1S/C22H42O2/c1-8-9-10-11-21(7)23-14-22(15-24-21)13-19(12-18(22)6)20(16(2)3)17(4)5/h16-20H,8-15H2,1-7H3. The molecule has 2 heteroatoms. The van der Waals surface area contributed by atoms with Gasteiger partial charge in [0.1, 0.15) is 0 Å². The molecule has 0 aromatic heterocycles. The molecule has 0 amide bonds. The average molecular weight is 339 g/mol. The minimum atomic E-state index is -0.340. The van der Waals surface area contributed by atoms with Crippen molar-refractivity contribution in [3.8, 4) is 0 Å². The van der Waals surface area contributed by atoms with Crippen LogP contribution in [0.25, 0.3) is 0 Å². The Bertz CT molecular complexity index is 371. The molecule has 1 heterocycles. The van der Waals surface area contributed by atoms with Crippen LogP contribution in [-0.2, 0) is 9.47 Å². The first-order chi connectivity index (χ1) is 11.2. The largest absolute Gasteiger partial charge is 0.350 e. The van der Waals surface area contributed by atoms with Crippen LogP contribution in [0.2, 0.25) is 0 Å². The van der Waals surface area contributed by atoms with Gasteiger partial charge in [-0.1, -0.05) is 54.4 Å². The van der Waals surface area contributed by atoms with Crippen LogP contribution in [-0.4, -0.2) is 19.0 Å². The molecule has 0 N–H and O–H groups in total. The Balaban J connectivity index is 1.98. The lowest BCUT2D eigenvalue weighted by Crippen LogP contribution is -2.49. The Morgan fingerprint density at radius 1 is 1.00 bits per heavy atom. The van der Waals surface area contributed by atoms with Crippen molar-refractivity contribution in [3.63, 3.8) is 0 Å². The molecule has 0 bridgehead atoms. The van der Waals surface area contributed by atoms with E-state index in [1.807, 2.05) is 0 Å². The van der Waals surface area contributed by atoms with Crippen molar-refractivity contribution < 1.29 is 9.47 Å². The molecular weight excluding hydrogens is 296 g/mol. The van der Waals surface area contributed by atoms with Crippen LogP contribution < -0.4 is 0 Å². The highest BCUT2D eigenvalue weighted by molar-refractivity contribution is 4.98. The maximum Gasteiger partial charge on any atom is 0.165 e. The molecule has 2 rings (SSSR count). The molecule has 0 aromatic carbocycles. The van der Waals surface area contributed by atoms with Gasteiger partial charge in [-0.25, -0.2) is 0 Å². The summed E-state index contributed by atoms with van der Waals surface area (Å²) >= 11 is 0. The van der Waals surface area contributed by atoms with Crippen LogP contribution >= 0.6 is 0 Å². The zero-order chi connectivity index (χ0) is 18.0. The number of hydrogen-bond donors (Lipinski definition) is 0. The van der Waals surface area contributed by atoms with Crippen LogP contribution in [0.5, 0.6) is 0 Å². The fraction of sp³-hybridized carbons (Fsp3) is 1.00. The highest BCUT2D eigenvalue weighted by atomic mass is 16.7. The lowest BCUT2D eigenvalue weighted by molar-refractivity contribution is -0.303. The minimum Gasteiger partial charge on any atom is -0.350 e. The summed E-state index contributed by atoms with van der Waals surface area (Å²) in [7, 11) is 0. The fourth-order valence-electron chi connectivity index (χ4n) is 5.58. The predicted octanol–water partition coefficient (Wildman–Crippen LogP) is 6.29. The second-order valence-corrected chi connectivity index (χ2v) is 9.70. The third kappa shape index (κ3) is 4.36. The monoisotopic (exact) mass is 338 g/mol. The molecule has 0 aromatic rings. The fourth-order valence-corrected chi connectivity index (χ4v) is 5.58. The van der Waals surface area contributed by atoms with E-state index in [-0.39, 0.29) is 11.2 Å². The summed E-state index contributed by atoms with van der Waals surface area (Å²) in [5, 5.41) is 0. The summed E-state index contributed by atoms with van der Waals surface area (Å²) in [5.74, 6) is 3.56. The van der Waals surface area contributed by atoms with Crippen molar-refractivity contribution in [1.82, 2.24) is 0 Å². The van der Waals surface area contributed by atoms with E-state index < -0.39 is 0 Å². The van der Waals surface area contributed by atoms with Gasteiger partial charge in [0, 0.05) is 11.8 Å². The number of hydrogen-bond acceptors (Lipinski definition) is 2. The first-order valence-corrected chi connectivity index (χ1v) is 10.5. The summed E-state index contributed by atoms with van der Waals surface area (Å²) in [6.07, 6.45) is 7.41. The SMILES string of the molecule is CCCCCC1(C)OCC2(CO1)CC(C(C(C)C)C(C)C)CC2C. The molecule has 1 saturated carbocycles. The van der Waals surface area contributed by atoms with E-state index in [0.717, 1.165) is 43.3 Å². The highest BCUT2D eigenvalue weighted by Crippen LogP contribution is 2.54. The molecule has 2 aliphatic rings. The molecule has 24 heavy (non-hydrogen) atoms. The van der Waals surface area contributed by atoms with Crippen molar-refractivity contribution in [1.29, 1.82) is 0 Å². The zero-order valence-electron chi connectivity index (χ0n) is 17.4. The Morgan fingerprint density at radius 3 is 2.08 bits per heavy atom. The van der Waals surface area contributed by atoms with Gasteiger partial charge in [0.05, 0.1) is 13.2 Å².